The molecule has 1 aliphatic heterocycles. The van der Waals surface area contributed by atoms with Crippen LogP contribution in [-0.4, -0.2) is 45.1 Å². The molecule has 0 spiro atoms. The van der Waals surface area contributed by atoms with Gasteiger partial charge in [-0.2, -0.15) is 0 Å². The van der Waals surface area contributed by atoms with Crippen molar-refractivity contribution in [1.82, 2.24) is 4.90 Å². The fourth-order valence-electron chi connectivity index (χ4n) is 2.34. The Kier molecular flexibility index (Phi) is 4.66. The fourth-order valence-corrected chi connectivity index (χ4v) is 2.34. The van der Waals surface area contributed by atoms with Crippen molar-refractivity contribution in [3.8, 4) is 11.5 Å². The summed E-state index contributed by atoms with van der Waals surface area (Å²) in [6, 6.07) is 6.04. The van der Waals surface area contributed by atoms with Gasteiger partial charge in [0.15, 0.2) is 11.5 Å². The second kappa shape index (κ2) is 6.45. The van der Waals surface area contributed by atoms with Crippen LogP contribution in [0.2, 0.25) is 0 Å². The van der Waals surface area contributed by atoms with Gasteiger partial charge in [0.25, 0.3) is 0 Å². The van der Waals surface area contributed by atoms with E-state index in [2.05, 4.69) is 23.0 Å². The highest BCUT2D eigenvalue weighted by Gasteiger charge is 2.13. The maximum Gasteiger partial charge on any atom is 0.160 e. The molecule has 1 aromatic carbocycles. The minimum atomic E-state index is 0.771. The van der Waals surface area contributed by atoms with E-state index in [9.17, 15) is 0 Å². The molecule has 0 saturated carbocycles. The topological polar surface area (TPSA) is 34.1 Å². The molecule has 0 aliphatic carbocycles. The van der Waals surface area contributed by atoms with E-state index < -0.39 is 0 Å². The van der Waals surface area contributed by atoms with Gasteiger partial charge in [-0.25, -0.2) is 0 Å². The molecule has 0 bridgehead atoms. The lowest BCUT2D eigenvalue weighted by molar-refractivity contribution is 0.354. The summed E-state index contributed by atoms with van der Waals surface area (Å²) in [5.41, 5.74) is 1.22. The average Bonchev–Trinajstić information content (AvgIpc) is 2.84. The van der Waals surface area contributed by atoms with E-state index in [0.29, 0.717) is 0 Å². The number of amidine groups is 1. The normalized spacial score (nSPS) is 17.0. The van der Waals surface area contributed by atoms with Crippen LogP contribution < -0.4 is 9.47 Å². The number of likely N-dealkylation sites (tertiary alicyclic amines) is 1. The molecule has 1 saturated heterocycles. The first-order chi connectivity index (χ1) is 9.24. The molecule has 0 radical (unpaired) electrons. The van der Waals surface area contributed by atoms with Crippen LogP contribution >= 0.6 is 0 Å². The predicted octanol–water partition coefficient (Wildman–Crippen LogP) is 2.37. The summed E-state index contributed by atoms with van der Waals surface area (Å²) in [4.78, 5) is 6.91. The van der Waals surface area contributed by atoms with Crippen LogP contribution in [0.4, 0.5) is 0 Å². The smallest absolute Gasteiger partial charge is 0.160 e. The number of methoxy groups -OCH3 is 2. The maximum atomic E-state index is 5.30. The zero-order valence-corrected chi connectivity index (χ0v) is 12.0. The largest absolute Gasteiger partial charge is 0.493 e. The molecule has 1 heterocycles. The van der Waals surface area contributed by atoms with Crippen LogP contribution in [0.3, 0.4) is 0 Å². The molecule has 1 aliphatic rings. The second-order valence-electron chi connectivity index (χ2n) is 4.76. The van der Waals surface area contributed by atoms with Gasteiger partial charge in [0.05, 0.1) is 20.1 Å². The fraction of sp³-hybridized carbons (Fsp3) is 0.533. The van der Waals surface area contributed by atoms with Crippen LogP contribution in [0.15, 0.2) is 23.2 Å². The van der Waals surface area contributed by atoms with Crippen LogP contribution in [0, 0.1) is 0 Å². The van der Waals surface area contributed by atoms with Crippen molar-refractivity contribution in [1.29, 1.82) is 0 Å². The minimum absolute atomic E-state index is 0.771. The quantitative estimate of drug-likeness (QED) is 0.817. The molecule has 1 aromatic rings. The van der Waals surface area contributed by atoms with Crippen LogP contribution in [-0.2, 0) is 6.42 Å². The van der Waals surface area contributed by atoms with E-state index in [1.807, 2.05) is 12.1 Å². The molecule has 104 valence electrons. The summed E-state index contributed by atoms with van der Waals surface area (Å²) in [7, 11) is 5.43. The van der Waals surface area contributed by atoms with E-state index in [1.165, 1.54) is 17.8 Å². The van der Waals surface area contributed by atoms with Crippen LogP contribution in [0.25, 0.3) is 0 Å². The van der Waals surface area contributed by atoms with E-state index >= 15 is 0 Å². The number of benzene rings is 1. The van der Waals surface area contributed by atoms with Crippen molar-refractivity contribution in [3.05, 3.63) is 23.8 Å². The predicted molar refractivity (Wildman–Crippen MR) is 77.4 cm³/mol. The molecular weight excluding hydrogens is 240 g/mol. The minimum Gasteiger partial charge on any atom is -0.493 e. The number of ether oxygens (including phenoxy) is 2. The van der Waals surface area contributed by atoms with Gasteiger partial charge in [-0.05, 0) is 30.5 Å². The Morgan fingerprint density at radius 1 is 1.21 bits per heavy atom. The number of nitrogens with zero attached hydrogens (tertiary/aromatic N) is 2. The molecule has 0 N–H and O–H groups in total. The Bertz CT molecular complexity index is 457. The highest BCUT2D eigenvalue weighted by Crippen LogP contribution is 2.27. The summed E-state index contributed by atoms with van der Waals surface area (Å²) in [5, 5.41) is 0. The number of rotatable bonds is 5. The second-order valence-corrected chi connectivity index (χ2v) is 4.76. The third kappa shape index (κ3) is 3.40. The molecule has 0 aromatic heterocycles. The first-order valence-electron chi connectivity index (χ1n) is 6.70. The zero-order chi connectivity index (χ0) is 13.7. The zero-order valence-electron chi connectivity index (χ0n) is 12.0. The number of hydrogen-bond donors (Lipinski definition) is 0. The molecule has 1 fully saturated rings. The van der Waals surface area contributed by atoms with Gasteiger partial charge >= 0.3 is 0 Å². The summed E-state index contributed by atoms with van der Waals surface area (Å²) in [5.74, 6) is 2.79. The van der Waals surface area contributed by atoms with Gasteiger partial charge < -0.3 is 14.4 Å². The Balaban J connectivity index is 1.96. The van der Waals surface area contributed by atoms with Gasteiger partial charge in [0, 0.05) is 26.6 Å². The average molecular weight is 262 g/mol. The summed E-state index contributed by atoms with van der Waals surface area (Å²) in [6.45, 7) is 1.96. The molecule has 0 atom stereocenters. The number of aliphatic imine (C=N–C) groups is 1. The lowest BCUT2D eigenvalue weighted by Crippen LogP contribution is -2.19. The van der Waals surface area contributed by atoms with Crippen molar-refractivity contribution in [2.75, 3.05) is 34.4 Å². The summed E-state index contributed by atoms with van der Waals surface area (Å²) < 4.78 is 10.5. The third-order valence-electron chi connectivity index (χ3n) is 3.48. The van der Waals surface area contributed by atoms with Crippen molar-refractivity contribution in [2.24, 2.45) is 4.99 Å². The Morgan fingerprint density at radius 2 is 2.00 bits per heavy atom. The Hall–Kier alpha value is -1.71. The molecule has 0 amide bonds. The van der Waals surface area contributed by atoms with Gasteiger partial charge in [-0.1, -0.05) is 6.07 Å². The van der Waals surface area contributed by atoms with Crippen LogP contribution in [0.5, 0.6) is 11.5 Å². The molecule has 2 rings (SSSR count). The first-order valence-corrected chi connectivity index (χ1v) is 6.70. The van der Waals surface area contributed by atoms with Crippen molar-refractivity contribution < 1.29 is 9.47 Å². The van der Waals surface area contributed by atoms with Crippen LogP contribution in [0.1, 0.15) is 18.4 Å². The van der Waals surface area contributed by atoms with E-state index in [-0.39, 0.29) is 0 Å². The van der Waals surface area contributed by atoms with Gasteiger partial charge in [0.1, 0.15) is 0 Å². The molecule has 4 heteroatoms. The molecule has 4 nitrogen and oxygen atoms in total. The molecular formula is C15H22N2O2. The lowest BCUT2D eigenvalue weighted by atomic mass is 10.1. The monoisotopic (exact) mass is 262 g/mol. The standard InChI is InChI=1S/C15H22N2O2/c1-17-10-4-5-15(17)16-9-8-12-6-7-13(18-2)14(11-12)19-3/h6-7,11H,4-5,8-10H2,1-3H3. The first kappa shape index (κ1) is 13.7. The van der Waals surface area contributed by atoms with Gasteiger partial charge in [-0.15, -0.1) is 0 Å². The molecule has 0 unspecified atom stereocenters. The van der Waals surface area contributed by atoms with Crippen molar-refractivity contribution in [2.45, 2.75) is 19.3 Å². The van der Waals surface area contributed by atoms with E-state index in [1.54, 1.807) is 14.2 Å². The highest BCUT2D eigenvalue weighted by molar-refractivity contribution is 5.83. The van der Waals surface area contributed by atoms with E-state index in [4.69, 9.17) is 9.47 Å². The number of hydrogen-bond acceptors (Lipinski definition) is 3. The van der Waals surface area contributed by atoms with Gasteiger partial charge in [-0.3, -0.25) is 4.99 Å². The Labute approximate surface area is 115 Å². The summed E-state index contributed by atoms with van der Waals surface area (Å²) >= 11 is 0. The Morgan fingerprint density at radius 3 is 2.63 bits per heavy atom. The van der Waals surface area contributed by atoms with Crippen molar-refractivity contribution >= 4 is 5.84 Å². The van der Waals surface area contributed by atoms with Gasteiger partial charge in [0.2, 0.25) is 0 Å². The van der Waals surface area contributed by atoms with Crippen molar-refractivity contribution in [3.63, 3.8) is 0 Å². The maximum absolute atomic E-state index is 5.30. The lowest BCUT2D eigenvalue weighted by Gasteiger charge is -2.11. The molecule has 19 heavy (non-hydrogen) atoms. The summed E-state index contributed by atoms with van der Waals surface area (Å²) in [6.07, 6.45) is 3.27. The third-order valence-corrected chi connectivity index (χ3v) is 3.48. The van der Waals surface area contributed by atoms with E-state index in [0.717, 1.165) is 37.4 Å². The SMILES string of the molecule is COc1ccc(CCN=C2CCCN2C)cc1OC. The highest BCUT2D eigenvalue weighted by atomic mass is 16.5.